The lowest BCUT2D eigenvalue weighted by atomic mass is 10.1. The third kappa shape index (κ3) is 4.95. The van der Waals surface area contributed by atoms with Gasteiger partial charge in [0.1, 0.15) is 5.75 Å². The minimum absolute atomic E-state index is 0.0680. The first-order valence-electron chi connectivity index (χ1n) is 7.59. The highest BCUT2D eigenvalue weighted by atomic mass is 16.5. The maximum absolute atomic E-state index is 11.7. The molecule has 0 unspecified atom stereocenters. The van der Waals surface area contributed by atoms with E-state index in [-0.39, 0.29) is 18.5 Å². The van der Waals surface area contributed by atoms with Crippen LogP contribution in [0.3, 0.4) is 0 Å². The average Bonchev–Trinajstić information content (AvgIpc) is 3.24. The van der Waals surface area contributed by atoms with Crippen molar-refractivity contribution in [3.63, 3.8) is 0 Å². The second-order valence-corrected chi connectivity index (χ2v) is 5.35. The zero-order valence-corrected chi connectivity index (χ0v) is 12.7. The number of rotatable bonds is 8. The van der Waals surface area contributed by atoms with E-state index in [1.807, 2.05) is 31.2 Å². The molecule has 6 heteroatoms. The predicted molar refractivity (Wildman–Crippen MR) is 82.2 cm³/mol. The Hall–Kier alpha value is -2.24. The van der Waals surface area contributed by atoms with Gasteiger partial charge in [-0.2, -0.15) is 0 Å². The van der Waals surface area contributed by atoms with Gasteiger partial charge < -0.3 is 20.5 Å². The number of aliphatic carboxylic acids is 1. The molecule has 1 saturated carbocycles. The molecule has 0 saturated heterocycles. The molecule has 1 aromatic carbocycles. The number of ether oxygens (including phenoxy) is 1. The van der Waals surface area contributed by atoms with Crippen LogP contribution in [0.25, 0.3) is 0 Å². The smallest absolute Gasteiger partial charge is 0.315 e. The Morgan fingerprint density at radius 3 is 2.68 bits per heavy atom. The van der Waals surface area contributed by atoms with Crippen LogP contribution in [-0.4, -0.2) is 36.3 Å². The van der Waals surface area contributed by atoms with Crippen LogP contribution in [0.1, 0.15) is 37.7 Å². The summed E-state index contributed by atoms with van der Waals surface area (Å²) in [6.45, 7) is 2.97. The summed E-state index contributed by atoms with van der Waals surface area (Å²) >= 11 is 0. The first kappa shape index (κ1) is 16.1. The van der Waals surface area contributed by atoms with E-state index in [0.29, 0.717) is 25.5 Å². The van der Waals surface area contributed by atoms with Crippen molar-refractivity contribution in [1.29, 1.82) is 0 Å². The van der Waals surface area contributed by atoms with Crippen molar-refractivity contribution in [1.82, 2.24) is 10.6 Å². The van der Waals surface area contributed by atoms with Gasteiger partial charge in [-0.15, -0.1) is 0 Å². The van der Waals surface area contributed by atoms with Crippen LogP contribution in [0, 0.1) is 0 Å². The number of urea groups is 1. The van der Waals surface area contributed by atoms with E-state index in [2.05, 4.69) is 10.6 Å². The van der Waals surface area contributed by atoms with E-state index in [1.54, 1.807) is 0 Å². The number of benzene rings is 1. The molecule has 2 amide bonds. The highest BCUT2D eigenvalue weighted by molar-refractivity contribution is 5.75. The Morgan fingerprint density at radius 2 is 2.05 bits per heavy atom. The Labute approximate surface area is 129 Å². The Kier molecular flexibility index (Phi) is 5.63. The molecule has 0 aliphatic heterocycles. The summed E-state index contributed by atoms with van der Waals surface area (Å²) in [4.78, 5) is 22.0. The lowest BCUT2D eigenvalue weighted by molar-refractivity contribution is -0.137. The van der Waals surface area contributed by atoms with Gasteiger partial charge in [0.25, 0.3) is 0 Å². The van der Waals surface area contributed by atoms with E-state index >= 15 is 0 Å². The van der Waals surface area contributed by atoms with Gasteiger partial charge in [-0.05, 0) is 37.5 Å². The number of hydrogen-bond acceptors (Lipinski definition) is 3. The SMILES string of the molecule is CCOc1ccc([C@@H]2C[C@H]2NC(=O)NCCCC(=O)O)cc1. The molecule has 120 valence electrons. The van der Waals surface area contributed by atoms with Crippen LogP contribution in [-0.2, 0) is 4.79 Å². The average molecular weight is 306 g/mol. The molecule has 1 fully saturated rings. The maximum Gasteiger partial charge on any atom is 0.315 e. The van der Waals surface area contributed by atoms with Gasteiger partial charge in [-0.1, -0.05) is 12.1 Å². The summed E-state index contributed by atoms with van der Waals surface area (Å²) in [5.41, 5.74) is 1.19. The van der Waals surface area contributed by atoms with E-state index in [0.717, 1.165) is 12.2 Å². The third-order valence-corrected chi connectivity index (χ3v) is 3.58. The minimum atomic E-state index is -0.847. The molecular formula is C16H22N2O4. The zero-order chi connectivity index (χ0) is 15.9. The highest BCUT2D eigenvalue weighted by Crippen LogP contribution is 2.41. The van der Waals surface area contributed by atoms with Crippen LogP contribution < -0.4 is 15.4 Å². The fourth-order valence-corrected chi connectivity index (χ4v) is 2.36. The molecule has 2 atom stereocenters. The number of hydrogen-bond donors (Lipinski definition) is 3. The molecule has 3 N–H and O–H groups in total. The predicted octanol–water partition coefficient (Wildman–Crippen LogP) is 2.11. The second-order valence-electron chi connectivity index (χ2n) is 5.35. The lowest BCUT2D eigenvalue weighted by Gasteiger charge is -2.07. The van der Waals surface area contributed by atoms with Crippen molar-refractivity contribution in [2.24, 2.45) is 0 Å². The number of carbonyl (C=O) groups is 2. The van der Waals surface area contributed by atoms with E-state index in [4.69, 9.17) is 9.84 Å². The van der Waals surface area contributed by atoms with E-state index < -0.39 is 5.97 Å². The third-order valence-electron chi connectivity index (χ3n) is 3.58. The Balaban J connectivity index is 1.68. The Morgan fingerprint density at radius 1 is 1.32 bits per heavy atom. The largest absolute Gasteiger partial charge is 0.494 e. The van der Waals surface area contributed by atoms with Crippen LogP contribution in [0.4, 0.5) is 4.79 Å². The van der Waals surface area contributed by atoms with Gasteiger partial charge in [0.15, 0.2) is 0 Å². The fourth-order valence-electron chi connectivity index (χ4n) is 2.36. The monoisotopic (exact) mass is 306 g/mol. The summed E-state index contributed by atoms with van der Waals surface area (Å²) < 4.78 is 5.40. The molecule has 1 aliphatic carbocycles. The molecule has 1 aliphatic rings. The first-order chi connectivity index (χ1) is 10.6. The molecule has 6 nitrogen and oxygen atoms in total. The molecule has 1 aromatic rings. The molecule has 22 heavy (non-hydrogen) atoms. The molecule has 2 rings (SSSR count). The van der Waals surface area contributed by atoms with Crippen molar-refractivity contribution < 1.29 is 19.4 Å². The lowest BCUT2D eigenvalue weighted by Crippen LogP contribution is -2.37. The van der Waals surface area contributed by atoms with Gasteiger partial charge in [0.2, 0.25) is 0 Å². The van der Waals surface area contributed by atoms with Gasteiger partial charge in [0, 0.05) is 24.9 Å². The first-order valence-corrected chi connectivity index (χ1v) is 7.59. The summed E-state index contributed by atoms with van der Waals surface area (Å²) in [5, 5.41) is 14.1. The van der Waals surface area contributed by atoms with Crippen molar-refractivity contribution in [3.05, 3.63) is 29.8 Å². The number of carboxylic acids is 1. The molecule has 0 spiro atoms. The Bertz CT molecular complexity index is 515. The van der Waals surface area contributed by atoms with E-state index in [9.17, 15) is 9.59 Å². The van der Waals surface area contributed by atoms with E-state index in [1.165, 1.54) is 5.56 Å². The van der Waals surface area contributed by atoms with Crippen LogP contribution in [0.2, 0.25) is 0 Å². The number of amides is 2. The van der Waals surface area contributed by atoms with Crippen LogP contribution in [0.5, 0.6) is 5.75 Å². The number of nitrogens with one attached hydrogen (secondary N) is 2. The van der Waals surface area contributed by atoms with Crippen molar-refractivity contribution in [3.8, 4) is 5.75 Å². The summed E-state index contributed by atoms with van der Waals surface area (Å²) in [5.74, 6) is 0.355. The zero-order valence-electron chi connectivity index (χ0n) is 12.7. The number of carboxylic acid groups (broad SMARTS) is 1. The highest BCUT2D eigenvalue weighted by Gasteiger charge is 2.39. The minimum Gasteiger partial charge on any atom is -0.494 e. The van der Waals surface area contributed by atoms with Gasteiger partial charge >= 0.3 is 12.0 Å². The maximum atomic E-state index is 11.7. The summed E-state index contributed by atoms with van der Waals surface area (Å²) in [7, 11) is 0. The topological polar surface area (TPSA) is 87.7 Å². The molecular weight excluding hydrogens is 284 g/mol. The molecule has 0 aromatic heterocycles. The number of carbonyl (C=O) groups excluding carboxylic acids is 1. The normalized spacial score (nSPS) is 19.3. The molecule has 0 bridgehead atoms. The standard InChI is InChI=1S/C16H22N2O4/c1-2-22-12-7-5-11(6-8-12)13-10-14(13)18-16(21)17-9-3-4-15(19)20/h5-8,13-14H,2-4,9-10H2,1H3,(H,19,20)(H2,17,18,21)/t13-,14+/m0/s1. The molecule has 0 radical (unpaired) electrons. The van der Waals surface area contributed by atoms with Crippen molar-refractivity contribution in [2.75, 3.05) is 13.2 Å². The summed E-state index contributed by atoms with van der Waals surface area (Å²) in [6.07, 6.45) is 1.44. The van der Waals surface area contributed by atoms with Crippen LogP contribution >= 0.6 is 0 Å². The van der Waals surface area contributed by atoms with Gasteiger partial charge in [0.05, 0.1) is 6.61 Å². The van der Waals surface area contributed by atoms with Crippen molar-refractivity contribution in [2.45, 2.75) is 38.1 Å². The van der Waals surface area contributed by atoms with Gasteiger partial charge in [-0.25, -0.2) is 4.79 Å². The second kappa shape index (κ2) is 7.68. The molecule has 0 heterocycles. The van der Waals surface area contributed by atoms with Crippen molar-refractivity contribution >= 4 is 12.0 Å². The fraction of sp³-hybridized carbons (Fsp3) is 0.500. The summed E-state index contributed by atoms with van der Waals surface area (Å²) in [6, 6.07) is 7.87. The quantitative estimate of drug-likeness (QED) is 0.642. The van der Waals surface area contributed by atoms with Gasteiger partial charge in [-0.3, -0.25) is 4.79 Å². The van der Waals surface area contributed by atoms with Crippen LogP contribution in [0.15, 0.2) is 24.3 Å².